The van der Waals surface area contributed by atoms with Crippen LogP contribution in [0.1, 0.15) is 23.6 Å². The average molecular weight is 200 g/mol. The third-order valence-electron chi connectivity index (χ3n) is 3.56. The van der Waals surface area contributed by atoms with Crippen LogP contribution in [0.5, 0.6) is 0 Å². The monoisotopic (exact) mass is 200 g/mol. The molecule has 78 valence electrons. The van der Waals surface area contributed by atoms with Gasteiger partial charge in [0, 0.05) is 30.1 Å². The molecule has 2 nitrogen and oxygen atoms in total. The zero-order valence-electron chi connectivity index (χ0n) is 9.03. The van der Waals surface area contributed by atoms with E-state index < -0.39 is 0 Å². The van der Waals surface area contributed by atoms with Gasteiger partial charge in [-0.3, -0.25) is 0 Å². The normalized spacial score (nSPS) is 19.7. The molecule has 0 spiro atoms. The highest BCUT2D eigenvalue weighted by molar-refractivity contribution is 5.84. The highest BCUT2D eigenvalue weighted by Gasteiger charge is 2.23. The summed E-state index contributed by atoms with van der Waals surface area (Å²) in [6.07, 6.45) is 1.20. The summed E-state index contributed by atoms with van der Waals surface area (Å²) in [6, 6.07) is 8.82. The van der Waals surface area contributed by atoms with Crippen molar-refractivity contribution < 1.29 is 0 Å². The molecule has 2 heteroatoms. The van der Waals surface area contributed by atoms with Crippen molar-refractivity contribution in [3.8, 4) is 0 Å². The fraction of sp³-hybridized carbons (Fsp3) is 0.385. The van der Waals surface area contributed by atoms with Crippen molar-refractivity contribution in [3.63, 3.8) is 0 Å². The lowest BCUT2D eigenvalue weighted by Gasteiger charge is -2.04. The lowest BCUT2D eigenvalue weighted by Crippen LogP contribution is -2.08. The molecular weight excluding hydrogens is 184 g/mol. The molecule has 0 amide bonds. The molecule has 1 aromatic carbocycles. The van der Waals surface area contributed by atoms with Gasteiger partial charge in [-0.2, -0.15) is 0 Å². The molecule has 1 unspecified atom stereocenters. The van der Waals surface area contributed by atoms with Crippen LogP contribution in [0.15, 0.2) is 24.3 Å². The van der Waals surface area contributed by atoms with Crippen LogP contribution in [-0.4, -0.2) is 11.1 Å². The van der Waals surface area contributed by atoms with E-state index >= 15 is 0 Å². The number of hydrogen-bond acceptors (Lipinski definition) is 1. The van der Waals surface area contributed by atoms with E-state index in [1.54, 1.807) is 0 Å². The number of aromatic nitrogens is 1. The van der Waals surface area contributed by atoms with Gasteiger partial charge in [0.2, 0.25) is 0 Å². The van der Waals surface area contributed by atoms with Gasteiger partial charge in [0.15, 0.2) is 0 Å². The maximum atomic E-state index is 5.80. The lowest BCUT2D eigenvalue weighted by atomic mass is 10.0. The molecule has 1 aliphatic heterocycles. The first-order chi connectivity index (χ1) is 7.31. The van der Waals surface area contributed by atoms with Crippen molar-refractivity contribution >= 4 is 10.9 Å². The van der Waals surface area contributed by atoms with Crippen LogP contribution in [0.25, 0.3) is 10.9 Å². The van der Waals surface area contributed by atoms with Crippen LogP contribution < -0.4 is 5.73 Å². The van der Waals surface area contributed by atoms with Gasteiger partial charge in [-0.15, -0.1) is 0 Å². The highest BCUT2D eigenvalue weighted by atomic mass is 15.0. The molecule has 0 aliphatic carbocycles. The molecule has 0 bridgehead atoms. The van der Waals surface area contributed by atoms with Crippen molar-refractivity contribution in [2.45, 2.75) is 25.8 Å². The minimum absolute atomic E-state index is 0.566. The third kappa shape index (κ3) is 1.15. The van der Waals surface area contributed by atoms with Crippen molar-refractivity contribution in [3.05, 3.63) is 35.5 Å². The molecule has 2 aromatic rings. The summed E-state index contributed by atoms with van der Waals surface area (Å²) in [5.41, 5.74) is 10.0. The minimum atomic E-state index is 0.566. The van der Waals surface area contributed by atoms with Crippen LogP contribution in [-0.2, 0) is 6.54 Å². The fourth-order valence-corrected chi connectivity index (χ4v) is 2.78. The summed E-state index contributed by atoms with van der Waals surface area (Å²) in [6.45, 7) is 4.09. The second-order valence-electron chi connectivity index (χ2n) is 4.45. The predicted molar refractivity (Wildman–Crippen MR) is 63.1 cm³/mol. The molecule has 1 aliphatic rings. The standard InChI is InChI=1S/C13H16N2/c1-9-3-2-4-10-7-12-11(8-14)5-6-15(12)13(9)10/h2-4,7,11H,5-6,8,14H2,1H3. The van der Waals surface area contributed by atoms with Crippen LogP contribution >= 0.6 is 0 Å². The summed E-state index contributed by atoms with van der Waals surface area (Å²) in [5.74, 6) is 0.566. The molecule has 0 saturated heterocycles. The van der Waals surface area contributed by atoms with Gasteiger partial charge in [-0.1, -0.05) is 18.2 Å². The summed E-state index contributed by atoms with van der Waals surface area (Å²) >= 11 is 0. The number of benzene rings is 1. The van der Waals surface area contributed by atoms with Gasteiger partial charge < -0.3 is 10.3 Å². The summed E-state index contributed by atoms with van der Waals surface area (Å²) < 4.78 is 2.45. The number of fused-ring (bicyclic) bond motifs is 3. The molecule has 0 radical (unpaired) electrons. The van der Waals surface area contributed by atoms with E-state index in [0.29, 0.717) is 5.92 Å². The lowest BCUT2D eigenvalue weighted by molar-refractivity contribution is 0.673. The third-order valence-corrected chi connectivity index (χ3v) is 3.56. The summed E-state index contributed by atoms with van der Waals surface area (Å²) in [4.78, 5) is 0. The van der Waals surface area contributed by atoms with Crippen LogP contribution in [0.2, 0.25) is 0 Å². The first-order valence-electron chi connectivity index (χ1n) is 5.60. The number of nitrogens with zero attached hydrogens (tertiary/aromatic N) is 1. The van der Waals surface area contributed by atoms with E-state index in [0.717, 1.165) is 13.1 Å². The van der Waals surface area contributed by atoms with E-state index in [9.17, 15) is 0 Å². The molecule has 1 atom stereocenters. The number of nitrogens with two attached hydrogens (primary N) is 1. The van der Waals surface area contributed by atoms with Crippen LogP contribution in [0.4, 0.5) is 0 Å². The Kier molecular flexibility index (Phi) is 1.86. The minimum Gasteiger partial charge on any atom is -0.344 e. The molecule has 0 fully saturated rings. The van der Waals surface area contributed by atoms with Crippen molar-refractivity contribution in [2.75, 3.05) is 6.54 Å². The van der Waals surface area contributed by atoms with Gasteiger partial charge in [0.05, 0.1) is 5.52 Å². The van der Waals surface area contributed by atoms with Crippen LogP contribution in [0, 0.1) is 6.92 Å². The smallest absolute Gasteiger partial charge is 0.0512 e. The molecule has 0 saturated carbocycles. The van der Waals surface area contributed by atoms with E-state index in [1.165, 1.54) is 28.6 Å². The number of aryl methyl sites for hydroxylation is 2. The van der Waals surface area contributed by atoms with Gasteiger partial charge in [-0.05, 0) is 25.0 Å². The largest absolute Gasteiger partial charge is 0.344 e. The quantitative estimate of drug-likeness (QED) is 0.753. The molecular formula is C13H16N2. The predicted octanol–water partition coefficient (Wildman–Crippen LogP) is 2.40. The summed E-state index contributed by atoms with van der Waals surface area (Å²) in [5, 5.41) is 1.36. The molecule has 2 N–H and O–H groups in total. The van der Waals surface area contributed by atoms with Crippen molar-refractivity contribution in [1.29, 1.82) is 0 Å². The highest BCUT2D eigenvalue weighted by Crippen LogP contribution is 2.34. The van der Waals surface area contributed by atoms with Crippen LogP contribution in [0.3, 0.4) is 0 Å². The molecule has 1 aromatic heterocycles. The Bertz CT molecular complexity index is 510. The zero-order valence-corrected chi connectivity index (χ0v) is 9.03. The van der Waals surface area contributed by atoms with Gasteiger partial charge in [0.25, 0.3) is 0 Å². The Labute approximate surface area is 89.7 Å². The first-order valence-corrected chi connectivity index (χ1v) is 5.60. The Balaban J connectivity index is 2.31. The van der Waals surface area contributed by atoms with Gasteiger partial charge in [-0.25, -0.2) is 0 Å². The second kappa shape index (κ2) is 3.11. The number of hydrogen-bond donors (Lipinski definition) is 1. The Morgan fingerprint density at radius 2 is 2.33 bits per heavy atom. The van der Waals surface area contributed by atoms with Gasteiger partial charge >= 0.3 is 0 Å². The van der Waals surface area contributed by atoms with E-state index in [-0.39, 0.29) is 0 Å². The fourth-order valence-electron chi connectivity index (χ4n) is 2.78. The topological polar surface area (TPSA) is 30.9 Å². The van der Waals surface area contributed by atoms with E-state index in [1.807, 2.05) is 0 Å². The Morgan fingerprint density at radius 3 is 3.13 bits per heavy atom. The molecule has 2 heterocycles. The Morgan fingerprint density at radius 1 is 1.47 bits per heavy atom. The second-order valence-corrected chi connectivity index (χ2v) is 4.45. The maximum absolute atomic E-state index is 5.80. The number of rotatable bonds is 1. The van der Waals surface area contributed by atoms with E-state index in [2.05, 4.69) is 35.8 Å². The summed E-state index contributed by atoms with van der Waals surface area (Å²) in [7, 11) is 0. The van der Waals surface area contributed by atoms with Crippen molar-refractivity contribution in [2.24, 2.45) is 5.73 Å². The first kappa shape index (κ1) is 8.98. The average Bonchev–Trinajstić information content (AvgIpc) is 2.75. The van der Waals surface area contributed by atoms with E-state index in [4.69, 9.17) is 5.73 Å². The number of para-hydroxylation sites is 1. The van der Waals surface area contributed by atoms with Crippen molar-refractivity contribution in [1.82, 2.24) is 4.57 Å². The maximum Gasteiger partial charge on any atom is 0.0512 e. The van der Waals surface area contributed by atoms with Gasteiger partial charge in [0.1, 0.15) is 0 Å². The molecule has 3 rings (SSSR count). The Hall–Kier alpha value is -1.28. The molecule has 15 heavy (non-hydrogen) atoms. The zero-order chi connectivity index (χ0) is 10.4. The SMILES string of the molecule is Cc1cccc2cc3n(c12)CCC3CN.